The van der Waals surface area contributed by atoms with Crippen LogP contribution in [0.1, 0.15) is 5.82 Å². The van der Waals surface area contributed by atoms with Crippen LogP contribution < -0.4 is 10.1 Å². The van der Waals surface area contributed by atoms with Crippen molar-refractivity contribution < 1.29 is 13.9 Å². The van der Waals surface area contributed by atoms with E-state index >= 15 is 0 Å². The molecule has 3 aromatic carbocycles. The van der Waals surface area contributed by atoms with Gasteiger partial charge in [0.1, 0.15) is 23.2 Å². The van der Waals surface area contributed by atoms with Gasteiger partial charge >= 0.3 is 0 Å². The van der Waals surface area contributed by atoms with Gasteiger partial charge in [0.25, 0.3) is 0 Å². The van der Waals surface area contributed by atoms with E-state index in [-0.39, 0.29) is 18.3 Å². The van der Waals surface area contributed by atoms with Gasteiger partial charge in [0.15, 0.2) is 5.82 Å². The summed E-state index contributed by atoms with van der Waals surface area (Å²) in [5.74, 6) is 0.764. The smallest absolute Gasteiger partial charge is 0.234 e. The Morgan fingerprint density at radius 2 is 1.77 bits per heavy atom. The summed E-state index contributed by atoms with van der Waals surface area (Å²) in [6.07, 6.45) is 0. The number of ether oxygens (including phenoxy) is 1. The molecule has 0 saturated carbocycles. The Morgan fingerprint density at radius 3 is 2.60 bits per heavy atom. The van der Waals surface area contributed by atoms with Crippen LogP contribution in [0.5, 0.6) is 5.75 Å². The van der Waals surface area contributed by atoms with Crippen molar-refractivity contribution in [3.63, 3.8) is 0 Å². The molecule has 150 valence electrons. The average molecular weight is 419 g/mol. The molecule has 1 aromatic heterocycles. The minimum atomic E-state index is -0.398. The number of aromatic nitrogens is 2. The molecule has 30 heavy (non-hydrogen) atoms. The number of benzene rings is 3. The summed E-state index contributed by atoms with van der Waals surface area (Å²) in [5.41, 5.74) is 1.21. The zero-order valence-corrected chi connectivity index (χ0v) is 16.7. The molecule has 0 aliphatic heterocycles. The number of amides is 1. The lowest BCUT2D eigenvalue weighted by Crippen LogP contribution is -2.14. The minimum absolute atomic E-state index is 0.135. The van der Waals surface area contributed by atoms with Gasteiger partial charge in [-0.05, 0) is 36.4 Å². The van der Waals surface area contributed by atoms with Crippen LogP contribution in [-0.4, -0.2) is 21.6 Å². The van der Waals surface area contributed by atoms with Crippen molar-refractivity contribution in [3.8, 4) is 5.75 Å². The van der Waals surface area contributed by atoms with Gasteiger partial charge in [0, 0.05) is 11.1 Å². The lowest BCUT2D eigenvalue weighted by molar-refractivity contribution is -0.113. The average Bonchev–Trinajstić information content (AvgIpc) is 2.77. The van der Waals surface area contributed by atoms with Gasteiger partial charge in [-0.1, -0.05) is 54.2 Å². The van der Waals surface area contributed by atoms with Crippen LogP contribution in [0.4, 0.5) is 10.1 Å². The third kappa shape index (κ3) is 5.12. The highest BCUT2D eigenvalue weighted by Gasteiger charge is 2.11. The topological polar surface area (TPSA) is 64.1 Å². The highest BCUT2D eigenvalue weighted by Crippen LogP contribution is 2.26. The normalized spacial score (nSPS) is 10.7. The van der Waals surface area contributed by atoms with Gasteiger partial charge in [0.2, 0.25) is 5.91 Å². The Morgan fingerprint density at radius 1 is 0.967 bits per heavy atom. The van der Waals surface area contributed by atoms with E-state index in [4.69, 9.17) is 4.74 Å². The van der Waals surface area contributed by atoms with E-state index in [0.29, 0.717) is 16.5 Å². The molecule has 0 unspecified atom stereocenters. The van der Waals surface area contributed by atoms with Crippen molar-refractivity contribution in [1.82, 2.24) is 9.97 Å². The van der Waals surface area contributed by atoms with Crippen molar-refractivity contribution in [2.45, 2.75) is 11.6 Å². The summed E-state index contributed by atoms with van der Waals surface area (Å²) < 4.78 is 19.1. The van der Waals surface area contributed by atoms with Crippen LogP contribution in [-0.2, 0) is 11.4 Å². The number of carbonyl (C=O) groups excluding carboxylic acids is 1. The van der Waals surface area contributed by atoms with Crippen LogP contribution in [0.15, 0.2) is 83.9 Å². The molecule has 5 nitrogen and oxygen atoms in total. The molecule has 0 saturated heterocycles. The fourth-order valence-electron chi connectivity index (χ4n) is 2.83. The molecule has 0 fully saturated rings. The van der Waals surface area contributed by atoms with Crippen molar-refractivity contribution >= 4 is 34.3 Å². The number of para-hydroxylation sites is 2. The zero-order chi connectivity index (χ0) is 20.8. The molecule has 0 atom stereocenters. The molecule has 0 aliphatic rings. The highest BCUT2D eigenvalue weighted by molar-refractivity contribution is 8.00. The largest absolute Gasteiger partial charge is 0.486 e. The first-order valence-electron chi connectivity index (χ1n) is 9.29. The van der Waals surface area contributed by atoms with Gasteiger partial charge in [-0.25, -0.2) is 14.4 Å². The maximum Gasteiger partial charge on any atom is 0.234 e. The van der Waals surface area contributed by atoms with Gasteiger partial charge in [0.05, 0.1) is 11.3 Å². The summed E-state index contributed by atoms with van der Waals surface area (Å²) in [5, 5.41) is 4.26. The Kier molecular flexibility index (Phi) is 6.20. The molecular formula is C23H18FN3O2S. The Bertz CT molecular complexity index is 1170. The van der Waals surface area contributed by atoms with Gasteiger partial charge in [-0.2, -0.15) is 0 Å². The van der Waals surface area contributed by atoms with E-state index in [1.807, 2.05) is 54.6 Å². The molecule has 1 amide bonds. The van der Waals surface area contributed by atoms with Gasteiger partial charge < -0.3 is 10.1 Å². The second kappa shape index (κ2) is 9.37. The molecule has 0 radical (unpaired) electrons. The number of fused-ring (bicyclic) bond motifs is 1. The van der Waals surface area contributed by atoms with Crippen molar-refractivity contribution in [2.75, 3.05) is 11.1 Å². The Balaban J connectivity index is 1.48. The molecule has 7 heteroatoms. The predicted octanol–water partition coefficient (Wildman–Crippen LogP) is 5.08. The number of nitrogens with zero attached hydrogens (tertiary/aromatic N) is 2. The van der Waals surface area contributed by atoms with Crippen LogP contribution in [0.3, 0.4) is 0 Å². The van der Waals surface area contributed by atoms with Crippen molar-refractivity contribution in [1.29, 1.82) is 0 Å². The predicted molar refractivity (Wildman–Crippen MR) is 116 cm³/mol. The summed E-state index contributed by atoms with van der Waals surface area (Å²) in [6.45, 7) is 0.220. The van der Waals surface area contributed by atoms with Gasteiger partial charge in [-0.3, -0.25) is 4.79 Å². The molecule has 0 aliphatic carbocycles. The number of thioether (sulfide) groups is 1. The number of nitrogens with one attached hydrogen (secondary N) is 1. The molecule has 4 aromatic rings. The number of anilines is 1. The quantitative estimate of drug-likeness (QED) is 0.334. The molecule has 0 spiro atoms. The Hall–Kier alpha value is -3.45. The number of carbonyl (C=O) groups is 1. The lowest BCUT2D eigenvalue weighted by atomic mass is 10.2. The van der Waals surface area contributed by atoms with Crippen LogP contribution in [0.2, 0.25) is 0 Å². The summed E-state index contributed by atoms with van der Waals surface area (Å²) in [7, 11) is 0. The van der Waals surface area contributed by atoms with Crippen LogP contribution in [0.25, 0.3) is 10.9 Å². The van der Waals surface area contributed by atoms with E-state index < -0.39 is 5.82 Å². The van der Waals surface area contributed by atoms with E-state index in [9.17, 15) is 9.18 Å². The lowest BCUT2D eigenvalue weighted by Gasteiger charge is -2.10. The molecule has 0 bridgehead atoms. The molecular weight excluding hydrogens is 401 g/mol. The van der Waals surface area contributed by atoms with E-state index in [1.165, 1.54) is 23.9 Å². The monoisotopic (exact) mass is 419 g/mol. The van der Waals surface area contributed by atoms with Crippen LogP contribution >= 0.6 is 11.8 Å². The van der Waals surface area contributed by atoms with Gasteiger partial charge in [-0.15, -0.1) is 0 Å². The Labute approximate surface area is 177 Å². The molecule has 1 heterocycles. The molecule has 1 N–H and O–H groups in total. The summed E-state index contributed by atoms with van der Waals surface area (Å²) >= 11 is 1.30. The third-order valence-electron chi connectivity index (χ3n) is 4.17. The minimum Gasteiger partial charge on any atom is -0.486 e. The molecule has 4 rings (SSSR count). The maximum absolute atomic E-state index is 13.3. The standard InChI is InChI=1S/C23H18FN3O2S/c24-16-7-6-8-17(13-16)25-22(28)15-30-23-19-11-4-5-12-20(19)26-21(27-23)14-29-18-9-2-1-3-10-18/h1-13H,14-15H2,(H,25,28). The number of rotatable bonds is 7. The second-order valence-corrected chi connectivity index (χ2v) is 7.38. The number of hydrogen-bond donors (Lipinski definition) is 1. The van der Waals surface area contributed by atoms with E-state index in [0.717, 1.165) is 16.7 Å². The van der Waals surface area contributed by atoms with E-state index in [1.54, 1.807) is 12.1 Å². The number of hydrogen-bond acceptors (Lipinski definition) is 5. The fourth-order valence-corrected chi connectivity index (χ4v) is 3.67. The van der Waals surface area contributed by atoms with E-state index in [2.05, 4.69) is 15.3 Å². The SMILES string of the molecule is O=C(CSc1nc(COc2ccccc2)nc2ccccc12)Nc1cccc(F)c1. The van der Waals surface area contributed by atoms with Crippen LogP contribution in [0, 0.1) is 5.82 Å². The summed E-state index contributed by atoms with van der Waals surface area (Å²) in [6, 6.07) is 22.9. The fraction of sp³-hybridized carbons (Fsp3) is 0.0870. The van der Waals surface area contributed by atoms with Crippen molar-refractivity contribution in [3.05, 3.63) is 90.5 Å². The highest BCUT2D eigenvalue weighted by atomic mass is 32.2. The summed E-state index contributed by atoms with van der Waals surface area (Å²) in [4.78, 5) is 21.5. The second-order valence-electron chi connectivity index (χ2n) is 6.41. The first kappa shape index (κ1) is 19.8. The zero-order valence-electron chi connectivity index (χ0n) is 15.9. The van der Waals surface area contributed by atoms with Crippen molar-refractivity contribution in [2.24, 2.45) is 0 Å². The first-order valence-corrected chi connectivity index (χ1v) is 10.3. The first-order chi connectivity index (χ1) is 14.7. The third-order valence-corrected chi connectivity index (χ3v) is 5.17. The number of halogens is 1. The maximum atomic E-state index is 13.3.